The van der Waals surface area contributed by atoms with Gasteiger partial charge in [0, 0.05) is 15.9 Å². The normalized spacial score (nSPS) is 18.4. The maximum atomic E-state index is 11.8. The highest BCUT2D eigenvalue weighted by Crippen LogP contribution is 2.27. The molecule has 2 nitrogen and oxygen atoms in total. The van der Waals surface area contributed by atoms with Gasteiger partial charge in [-0.1, -0.05) is 23.8 Å². The molecule has 17 heavy (non-hydrogen) atoms. The van der Waals surface area contributed by atoms with E-state index in [0.717, 1.165) is 23.0 Å². The zero-order valence-electron chi connectivity index (χ0n) is 9.25. The first-order chi connectivity index (χ1) is 8.15. The minimum Gasteiger partial charge on any atom is -0.325 e. The van der Waals surface area contributed by atoms with Crippen LogP contribution in [0, 0.1) is 5.92 Å². The molecule has 4 heteroatoms. The lowest BCUT2D eigenvalue weighted by atomic mass is 10.1. The van der Waals surface area contributed by atoms with E-state index in [4.69, 9.17) is 11.6 Å². The summed E-state index contributed by atoms with van der Waals surface area (Å²) in [6, 6.07) is 5.33. The van der Waals surface area contributed by atoms with Crippen molar-refractivity contribution >= 4 is 39.1 Å². The fourth-order valence-electron chi connectivity index (χ4n) is 1.90. The van der Waals surface area contributed by atoms with Crippen LogP contribution < -0.4 is 5.32 Å². The Kier molecular flexibility index (Phi) is 4.24. The summed E-state index contributed by atoms with van der Waals surface area (Å²) >= 11 is 9.21. The summed E-state index contributed by atoms with van der Waals surface area (Å²) in [5, 5.41) is 3.53. The van der Waals surface area contributed by atoms with Crippen molar-refractivity contribution in [3.63, 3.8) is 0 Å². The van der Waals surface area contributed by atoms with Crippen molar-refractivity contribution in [3.05, 3.63) is 39.8 Å². The van der Waals surface area contributed by atoms with Gasteiger partial charge in [-0.25, -0.2) is 0 Å². The summed E-state index contributed by atoms with van der Waals surface area (Å²) in [5.74, 6) is 0.436. The predicted molar refractivity (Wildman–Crippen MR) is 74.3 cm³/mol. The van der Waals surface area contributed by atoms with Gasteiger partial charge in [0.1, 0.15) is 0 Å². The van der Waals surface area contributed by atoms with Crippen LogP contribution >= 0.6 is 27.5 Å². The molecule has 1 aromatic carbocycles. The van der Waals surface area contributed by atoms with Gasteiger partial charge in [0.15, 0.2) is 0 Å². The molecule has 1 aromatic rings. The van der Waals surface area contributed by atoms with Crippen molar-refractivity contribution in [1.82, 2.24) is 0 Å². The van der Waals surface area contributed by atoms with Crippen LogP contribution in [-0.2, 0) is 4.79 Å². The molecule has 1 amide bonds. The Morgan fingerprint density at radius 3 is 3.00 bits per heavy atom. The second-order valence-electron chi connectivity index (χ2n) is 4.14. The predicted octanol–water partition coefficient (Wildman–Crippen LogP) is 4.40. The second-order valence-corrected chi connectivity index (χ2v) is 5.43. The van der Waals surface area contributed by atoms with Crippen molar-refractivity contribution in [2.75, 3.05) is 5.32 Å². The highest BCUT2D eigenvalue weighted by molar-refractivity contribution is 9.10. The molecule has 0 aliphatic heterocycles. The van der Waals surface area contributed by atoms with E-state index in [1.165, 1.54) is 0 Å². The fraction of sp³-hybridized carbons (Fsp3) is 0.308. The zero-order valence-corrected chi connectivity index (χ0v) is 11.6. The van der Waals surface area contributed by atoms with Gasteiger partial charge in [0.2, 0.25) is 5.91 Å². The molecule has 2 rings (SSSR count). The van der Waals surface area contributed by atoms with Gasteiger partial charge >= 0.3 is 0 Å². The van der Waals surface area contributed by atoms with E-state index in [1.807, 2.05) is 0 Å². The quantitative estimate of drug-likeness (QED) is 0.823. The molecule has 0 saturated carbocycles. The first-order valence-corrected chi connectivity index (χ1v) is 6.74. The maximum Gasteiger partial charge on any atom is 0.224 e. The number of anilines is 1. The Hall–Kier alpha value is -0.800. The monoisotopic (exact) mass is 313 g/mol. The number of nitrogens with one attached hydrogen (secondary N) is 1. The summed E-state index contributed by atoms with van der Waals surface area (Å²) in [5.41, 5.74) is 0.765. The topological polar surface area (TPSA) is 29.1 Å². The Balaban J connectivity index is 1.95. The van der Waals surface area contributed by atoms with E-state index in [2.05, 4.69) is 33.4 Å². The van der Waals surface area contributed by atoms with Gasteiger partial charge in [-0.3, -0.25) is 4.79 Å². The molecule has 0 heterocycles. The van der Waals surface area contributed by atoms with E-state index in [0.29, 0.717) is 17.4 Å². The van der Waals surface area contributed by atoms with Crippen molar-refractivity contribution in [2.45, 2.75) is 19.3 Å². The van der Waals surface area contributed by atoms with Crippen LogP contribution in [0.3, 0.4) is 0 Å². The van der Waals surface area contributed by atoms with Gasteiger partial charge in [-0.2, -0.15) is 0 Å². The molecule has 1 unspecified atom stereocenters. The van der Waals surface area contributed by atoms with Crippen molar-refractivity contribution in [1.29, 1.82) is 0 Å². The van der Waals surface area contributed by atoms with Gasteiger partial charge < -0.3 is 5.32 Å². The molecular weight excluding hydrogens is 302 g/mol. The second kappa shape index (κ2) is 5.69. The number of benzene rings is 1. The molecule has 0 saturated heterocycles. The van der Waals surface area contributed by atoms with Crippen LogP contribution in [0.4, 0.5) is 5.69 Å². The molecule has 1 N–H and O–H groups in total. The number of hydrogen-bond acceptors (Lipinski definition) is 1. The van der Waals surface area contributed by atoms with E-state index < -0.39 is 0 Å². The van der Waals surface area contributed by atoms with Gasteiger partial charge in [0.05, 0.1) is 5.69 Å². The average molecular weight is 315 g/mol. The highest BCUT2D eigenvalue weighted by atomic mass is 79.9. The maximum absolute atomic E-state index is 11.8. The molecule has 1 atom stereocenters. The van der Waals surface area contributed by atoms with Gasteiger partial charge in [0.25, 0.3) is 0 Å². The lowest BCUT2D eigenvalue weighted by Crippen LogP contribution is -2.15. The first kappa shape index (κ1) is 12.7. The Bertz CT molecular complexity index is 459. The number of allylic oxidation sites excluding steroid dienone is 2. The lowest BCUT2D eigenvalue weighted by molar-refractivity contribution is -0.116. The van der Waals surface area contributed by atoms with Crippen LogP contribution in [0.1, 0.15) is 19.3 Å². The summed E-state index contributed by atoms with van der Waals surface area (Å²) in [4.78, 5) is 11.8. The van der Waals surface area contributed by atoms with Crippen molar-refractivity contribution in [3.8, 4) is 0 Å². The number of rotatable bonds is 3. The average Bonchev–Trinajstić information content (AvgIpc) is 2.75. The summed E-state index contributed by atoms with van der Waals surface area (Å²) < 4.78 is 0.806. The summed E-state index contributed by atoms with van der Waals surface area (Å²) in [6.07, 6.45) is 6.97. The van der Waals surface area contributed by atoms with E-state index in [1.54, 1.807) is 18.2 Å². The van der Waals surface area contributed by atoms with Gasteiger partial charge in [-0.05, 0) is 52.9 Å². The molecule has 90 valence electrons. The SMILES string of the molecule is O=C(CC1C=CCC1)Nc1ccc(Cl)cc1Br. The van der Waals surface area contributed by atoms with Crippen LogP contribution in [0.5, 0.6) is 0 Å². The van der Waals surface area contributed by atoms with Crippen LogP contribution in [0.25, 0.3) is 0 Å². The minimum atomic E-state index is 0.0459. The number of hydrogen-bond donors (Lipinski definition) is 1. The minimum absolute atomic E-state index is 0.0459. The first-order valence-electron chi connectivity index (χ1n) is 5.57. The number of amides is 1. The van der Waals surface area contributed by atoms with Crippen molar-refractivity contribution in [2.24, 2.45) is 5.92 Å². The highest BCUT2D eigenvalue weighted by Gasteiger charge is 2.14. The number of halogens is 2. The molecule has 0 fully saturated rings. The molecule has 1 aliphatic rings. The zero-order chi connectivity index (χ0) is 12.3. The fourth-order valence-corrected chi connectivity index (χ4v) is 2.68. The third-order valence-electron chi connectivity index (χ3n) is 2.77. The molecule has 0 bridgehead atoms. The Morgan fingerprint density at radius 1 is 1.53 bits per heavy atom. The van der Waals surface area contributed by atoms with E-state index >= 15 is 0 Å². The van der Waals surface area contributed by atoms with Crippen LogP contribution in [-0.4, -0.2) is 5.91 Å². The Labute approximate surface area is 114 Å². The molecule has 0 radical (unpaired) electrons. The van der Waals surface area contributed by atoms with E-state index in [9.17, 15) is 4.79 Å². The standard InChI is InChI=1S/C13H13BrClNO/c14-11-8-10(15)5-6-12(11)16-13(17)7-9-3-1-2-4-9/h1,3,5-6,8-9H,2,4,7H2,(H,16,17). The lowest BCUT2D eigenvalue weighted by Gasteiger charge is -2.10. The summed E-state index contributed by atoms with van der Waals surface area (Å²) in [6.45, 7) is 0. The van der Waals surface area contributed by atoms with Crippen molar-refractivity contribution < 1.29 is 4.79 Å². The molecule has 0 spiro atoms. The largest absolute Gasteiger partial charge is 0.325 e. The number of carbonyl (C=O) groups excluding carboxylic acids is 1. The Morgan fingerprint density at radius 2 is 2.35 bits per heavy atom. The molecule has 0 aromatic heterocycles. The number of carbonyl (C=O) groups is 1. The smallest absolute Gasteiger partial charge is 0.224 e. The molecular formula is C13H13BrClNO. The third kappa shape index (κ3) is 3.58. The third-order valence-corrected chi connectivity index (χ3v) is 3.66. The summed E-state index contributed by atoms with van der Waals surface area (Å²) in [7, 11) is 0. The van der Waals surface area contributed by atoms with E-state index in [-0.39, 0.29) is 5.91 Å². The van der Waals surface area contributed by atoms with Crippen LogP contribution in [0.2, 0.25) is 5.02 Å². The van der Waals surface area contributed by atoms with Gasteiger partial charge in [-0.15, -0.1) is 0 Å². The molecule has 1 aliphatic carbocycles. The van der Waals surface area contributed by atoms with Crippen LogP contribution in [0.15, 0.2) is 34.8 Å².